The van der Waals surface area contributed by atoms with E-state index < -0.39 is 10.0 Å². The maximum atomic E-state index is 13.4. The number of primary sulfonamides is 1. The summed E-state index contributed by atoms with van der Waals surface area (Å²) in [6.45, 7) is 1.39. The highest BCUT2D eigenvalue weighted by molar-refractivity contribution is 7.89. The highest BCUT2D eigenvalue weighted by atomic mass is 32.2. The second kappa shape index (κ2) is 8.76. The van der Waals surface area contributed by atoms with Gasteiger partial charge in [-0.3, -0.25) is 4.79 Å². The molecular formula is C22H25FN4O3S. The average molecular weight is 445 g/mol. The summed E-state index contributed by atoms with van der Waals surface area (Å²) >= 11 is 0. The van der Waals surface area contributed by atoms with Gasteiger partial charge in [0.05, 0.1) is 16.8 Å². The number of aromatic nitrogens is 2. The Labute approximate surface area is 180 Å². The molecule has 9 heteroatoms. The number of nitrogens with two attached hydrogens (primary N) is 1. The molecule has 0 saturated carbocycles. The van der Waals surface area contributed by atoms with E-state index in [0.717, 1.165) is 31.2 Å². The minimum atomic E-state index is -3.51. The molecule has 0 radical (unpaired) electrons. The van der Waals surface area contributed by atoms with E-state index in [-0.39, 0.29) is 23.0 Å². The van der Waals surface area contributed by atoms with E-state index in [9.17, 15) is 17.6 Å². The molecule has 1 aliphatic heterocycles. The smallest absolute Gasteiger partial charge is 0.279 e. The molecule has 1 fully saturated rings. The van der Waals surface area contributed by atoms with Crippen molar-refractivity contribution in [3.05, 3.63) is 64.7 Å². The molecule has 4 rings (SSSR count). The Bertz CT molecular complexity index is 1240. The first-order valence-electron chi connectivity index (χ1n) is 10.4. The second-order valence-corrected chi connectivity index (χ2v) is 9.76. The largest absolute Gasteiger partial charge is 0.354 e. The molecule has 2 N–H and O–H groups in total. The highest BCUT2D eigenvalue weighted by Gasteiger charge is 2.23. The van der Waals surface area contributed by atoms with Crippen LogP contribution in [0.2, 0.25) is 0 Å². The van der Waals surface area contributed by atoms with Crippen molar-refractivity contribution in [2.75, 3.05) is 23.7 Å². The highest BCUT2D eigenvalue weighted by Crippen LogP contribution is 2.28. The summed E-state index contributed by atoms with van der Waals surface area (Å²) in [6, 6.07) is 13.0. The van der Waals surface area contributed by atoms with Crippen molar-refractivity contribution in [1.29, 1.82) is 0 Å². The molecule has 1 atom stereocenters. The van der Waals surface area contributed by atoms with Crippen molar-refractivity contribution in [3.63, 3.8) is 0 Å². The van der Waals surface area contributed by atoms with E-state index >= 15 is 0 Å². The molecule has 3 aromatic rings. The van der Waals surface area contributed by atoms with Crippen LogP contribution in [0, 0.1) is 11.7 Å². The van der Waals surface area contributed by atoms with E-state index in [2.05, 4.69) is 10.00 Å². The van der Waals surface area contributed by atoms with Crippen LogP contribution in [-0.4, -0.2) is 37.0 Å². The molecule has 2 heterocycles. The first-order valence-corrected chi connectivity index (χ1v) is 12.1. The molecule has 1 aliphatic rings. The van der Waals surface area contributed by atoms with Gasteiger partial charge in [-0.1, -0.05) is 24.6 Å². The zero-order valence-electron chi connectivity index (χ0n) is 17.1. The monoisotopic (exact) mass is 444 g/mol. The van der Waals surface area contributed by atoms with Crippen molar-refractivity contribution in [3.8, 4) is 5.69 Å². The van der Waals surface area contributed by atoms with Crippen LogP contribution in [0.1, 0.15) is 25.7 Å². The number of anilines is 1. The van der Waals surface area contributed by atoms with Gasteiger partial charge in [-0.05, 0) is 55.5 Å². The fraction of sp³-hybridized carbons (Fsp3) is 0.364. The van der Waals surface area contributed by atoms with Crippen LogP contribution in [0.3, 0.4) is 0 Å². The third-order valence-corrected chi connectivity index (χ3v) is 6.54. The van der Waals surface area contributed by atoms with Gasteiger partial charge in [0.15, 0.2) is 5.82 Å². The topological polar surface area (TPSA) is 98.3 Å². The lowest BCUT2D eigenvalue weighted by Crippen LogP contribution is -2.33. The molecule has 1 unspecified atom stereocenters. The van der Waals surface area contributed by atoms with Gasteiger partial charge in [-0.15, -0.1) is 5.10 Å². The van der Waals surface area contributed by atoms with E-state index in [1.807, 2.05) is 12.1 Å². The first kappa shape index (κ1) is 21.5. The Morgan fingerprint density at radius 1 is 1.06 bits per heavy atom. The number of sulfonamides is 1. The quantitative estimate of drug-likeness (QED) is 0.653. The predicted molar refractivity (Wildman–Crippen MR) is 119 cm³/mol. The lowest BCUT2D eigenvalue weighted by atomic mass is 10.0. The van der Waals surface area contributed by atoms with Crippen LogP contribution >= 0.6 is 0 Å². The fourth-order valence-electron chi connectivity index (χ4n) is 4.15. The number of fused-ring (bicyclic) bond motifs is 1. The minimum absolute atomic E-state index is 0.0469. The molecule has 7 nitrogen and oxygen atoms in total. The Kier molecular flexibility index (Phi) is 6.06. The van der Waals surface area contributed by atoms with Crippen molar-refractivity contribution in [2.24, 2.45) is 11.1 Å². The number of halogens is 1. The number of hydrogen-bond donors (Lipinski definition) is 1. The summed E-state index contributed by atoms with van der Waals surface area (Å²) < 4.78 is 37.6. The molecule has 164 valence electrons. The maximum absolute atomic E-state index is 13.4. The van der Waals surface area contributed by atoms with Crippen LogP contribution in [0.25, 0.3) is 16.5 Å². The molecule has 2 aromatic carbocycles. The van der Waals surface area contributed by atoms with Gasteiger partial charge in [0.2, 0.25) is 10.0 Å². The van der Waals surface area contributed by atoms with Crippen LogP contribution < -0.4 is 15.6 Å². The normalized spacial score (nSPS) is 17.6. The van der Waals surface area contributed by atoms with Gasteiger partial charge in [-0.2, -0.15) is 4.68 Å². The summed E-state index contributed by atoms with van der Waals surface area (Å²) in [5, 5.41) is 11.2. The summed E-state index contributed by atoms with van der Waals surface area (Å²) in [5.74, 6) is 0.395. The maximum Gasteiger partial charge on any atom is 0.279 e. The Hall–Kier alpha value is -2.78. The fourth-order valence-corrected chi connectivity index (χ4v) is 4.81. The molecule has 1 saturated heterocycles. The van der Waals surface area contributed by atoms with Crippen LogP contribution in [0.5, 0.6) is 0 Å². The van der Waals surface area contributed by atoms with Gasteiger partial charge < -0.3 is 4.90 Å². The van der Waals surface area contributed by atoms with E-state index in [1.165, 1.54) is 28.9 Å². The Balaban J connectivity index is 1.77. The number of nitrogens with zero attached hydrogens (tertiary/aromatic N) is 3. The van der Waals surface area contributed by atoms with E-state index in [4.69, 9.17) is 5.14 Å². The lowest BCUT2D eigenvalue weighted by molar-refractivity contribution is 0.478. The SMILES string of the molecule is NS(=O)(=O)CCC1CCCCN(c2nn(-c3ccc(F)cc3)c(=O)c3ccccc23)C1. The van der Waals surface area contributed by atoms with Crippen LogP contribution in [-0.2, 0) is 10.0 Å². The molecule has 0 aliphatic carbocycles. The standard InChI is InChI=1S/C22H25FN4O3S/c23-17-8-10-18(11-9-17)27-22(28)20-7-2-1-6-19(20)21(25-27)26-13-4-3-5-16(15-26)12-14-31(24,29)30/h1-2,6-11,16H,3-5,12-15H2,(H2,24,29,30). The zero-order chi connectivity index (χ0) is 22.0. The third kappa shape index (κ3) is 4.94. The lowest BCUT2D eigenvalue weighted by Gasteiger charge is -2.27. The summed E-state index contributed by atoms with van der Waals surface area (Å²) in [4.78, 5) is 15.2. The van der Waals surface area contributed by atoms with Crippen molar-refractivity contribution in [2.45, 2.75) is 25.7 Å². The van der Waals surface area contributed by atoms with Gasteiger partial charge in [0.25, 0.3) is 5.56 Å². The molecule has 1 aromatic heterocycles. The van der Waals surface area contributed by atoms with Gasteiger partial charge in [0.1, 0.15) is 5.82 Å². The number of rotatable bonds is 5. The zero-order valence-corrected chi connectivity index (χ0v) is 17.9. The molecule has 0 spiro atoms. The molecule has 0 bridgehead atoms. The van der Waals surface area contributed by atoms with Crippen LogP contribution in [0.4, 0.5) is 10.2 Å². The second-order valence-electron chi connectivity index (χ2n) is 8.03. The summed E-state index contributed by atoms with van der Waals surface area (Å²) in [7, 11) is -3.51. The van der Waals surface area contributed by atoms with E-state index in [0.29, 0.717) is 29.9 Å². The van der Waals surface area contributed by atoms with Crippen LogP contribution in [0.15, 0.2) is 53.3 Å². The summed E-state index contributed by atoms with van der Waals surface area (Å²) in [6.07, 6.45) is 3.34. The molecule has 0 amide bonds. The first-order chi connectivity index (χ1) is 14.8. The van der Waals surface area contributed by atoms with Crippen molar-refractivity contribution >= 4 is 26.6 Å². The average Bonchev–Trinajstić information content (AvgIpc) is 2.99. The number of benzene rings is 2. The summed E-state index contributed by atoms with van der Waals surface area (Å²) in [5.41, 5.74) is 0.213. The predicted octanol–water partition coefficient (Wildman–Crippen LogP) is 2.81. The number of hydrogen-bond acceptors (Lipinski definition) is 5. The van der Waals surface area contributed by atoms with Gasteiger partial charge in [-0.25, -0.2) is 17.9 Å². The Morgan fingerprint density at radius 2 is 1.77 bits per heavy atom. The molecular weight excluding hydrogens is 419 g/mol. The minimum Gasteiger partial charge on any atom is -0.354 e. The van der Waals surface area contributed by atoms with Crippen molar-refractivity contribution < 1.29 is 12.8 Å². The third-order valence-electron chi connectivity index (χ3n) is 5.74. The van der Waals surface area contributed by atoms with E-state index in [1.54, 1.807) is 12.1 Å². The molecule has 31 heavy (non-hydrogen) atoms. The van der Waals surface area contributed by atoms with Gasteiger partial charge >= 0.3 is 0 Å². The van der Waals surface area contributed by atoms with Crippen molar-refractivity contribution in [1.82, 2.24) is 9.78 Å². The van der Waals surface area contributed by atoms with Gasteiger partial charge in [0, 0.05) is 18.5 Å². The Morgan fingerprint density at radius 3 is 2.48 bits per heavy atom.